The van der Waals surface area contributed by atoms with Gasteiger partial charge in [0, 0.05) is 36.8 Å². The highest BCUT2D eigenvalue weighted by atomic mass is 16.5. The average molecular weight is 346 g/mol. The highest BCUT2D eigenvalue weighted by Crippen LogP contribution is 2.16. The monoisotopic (exact) mass is 346 g/mol. The van der Waals surface area contributed by atoms with Crippen LogP contribution in [0.25, 0.3) is 5.65 Å². The van der Waals surface area contributed by atoms with Crippen LogP contribution in [-0.4, -0.2) is 39.6 Å². The molecule has 0 saturated carbocycles. The van der Waals surface area contributed by atoms with Gasteiger partial charge in [-0.05, 0) is 46.1 Å². The first kappa shape index (κ1) is 18.9. The standard InChI is InChI=1S/C18H26N4O3/c1-5-25-18(24)7-6-10-19-17(23)9-8-15-13(3)20-16-11-12(2)21-22(16)14(15)4/h11H,5-10H2,1-4H3,(H,19,23). The molecule has 2 rings (SSSR count). The second kappa shape index (κ2) is 8.60. The Hall–Kier alpha value is -2.44. The van der Waals surface area contributed by atoms with Gasteiger partial charge in [0.15, 0.2) is 5.65 Å². The SMILES string of the molecule is CCOC(=O)CCCNC(=O)CCc1c(C)nc2cc(C)nn2c1C. The molecule has 0 radical (unpaired) electrons. The lowest BCUT2D eigenvalue weighted by Crippen LogP contribution is -2.25. The molecule has 136 valence electrons. The molecule has 0 spiro atoms. The molecule has 0 unspecified atom stereocenters. The number of fused-ring (bicyclic) bond motifs is 1. The lowest BCUT2D eigenvalue weighted by atomic mass is 10.1. The number of ether oxygens (including phenoxy) is 1. The lowest BCUT2D eigenvalue weighted by Gasteiger charge is -2.11. The van der Waals surface area contributed by atoms with Crippen LogP contribution in [0.4, 0.5) is 0 Å². The summed E-state index contributed by atoms with van der Waals surface area (Å²) in [5, 5.41) is 7.28. The first-order valence-corrected chi connectivity index (χ1v) is 8.67. The van der Waals surface area contributed by atoms with Crippen molar-refractivity contribution >= 4 is 17.5 Å². The fourth-order valence-corrected chi connectivity index (χ4v) is 2.82. The number of hydrogen-bond acceptors (Lipinski definition) is 5. The largest absolute Gasteiger partial charge is 0.466 e. The van der Waals surface area contributed by atoms with Gasteiger partial charge in [-0.15, -0.1) is 0 Å². The van der Waals surface area contributed by atoms with Gasteiger partial charge < -0.3 is 10.1 Å². The van der Waals surface area contributed by atoms with E-state index in [9.17, 15) is 9.59 Å². The zero-order valence-electron chi connectivity index (χ0n) is 15.4. The van der Waals surface area contributed by atoms with Crippen LogP contribution >= 0.6 is 0 Å². The number of hydrogen-bond donors (Lipinski definition) is 1. The molecule has 7 heteroatoms. The van der Waals surface area contributed by atoms with Gasteiger partial charge in [-0.3, -0.25) is 9.59 Å². The van der Waals surface area contributed by atoms with Gasteiger partial charge in [0.25, 0.3) is 0 Å². The predicted molar refractivity (Wildman–Crippen MR) is 94.4 cm³/mol. The third-order valence-electron chi connectivity index (χ3n) is 4.07. The van der Waals surface area contributed by atoms with Crippen molar-refractivity contribution in [2.24, 2.45) is 0 Å². The Bertz CT molecular complexity index is 767. The van der Waals surface area contributed by atoms with Crippen molar-refractivity contribution in [1.29, 1.82) is 0 Å². The van der Waals surface area contributed by atoms with Crippen LogP contribution in [0, 0.1) is 20.8 Å². The fourth-order valence-electron chi connectivity index (χ4n) is 2.82. The van der Waals surface area contributed by atoms with Crippen LogP contribution in [0.3, 0.4) is 0 Å². The van der Waals surface area contributed by atoms with E-state index in [1.54, 1.807) is 6.92 Å². The first-order valence-electron chi connectivity index (χ1n) is 8.67. The second-order valence-corrected chi connectivity index (χ2v) is 6.08. The summed E-state index contributed by atoms with van der Waals surface area (Å²) in [7, 11) is 0. The van der Waals surface area contributed by atoms with Crippen molar-refractivity contribution in [2.75, 3.05) is 13.2 Å². The number of carbonyl (C=O) groups excluding carboxylic acids is 2. The van der Waals surface area contributed by atoms with Gasteiger partial charge in [0.1, 0.15) is 0 Å². The van der Waals surface area contributed by atoms with E-state index in [-0.39, 0.29) is 11.9 Å². The van der Waals surface area contributed by atoms with Crippen LogP contribution in [0.1, 0.15) is 48.8 Å². The summed E-state index contributed by atoms with van der Waals surface area (Å²) in [5.41, 5.74) is 4.76. The van der Waals surface area contributed by atoms with Crippen LogP contribution < -0.4 is 5.32 Å². The number of aromatic nitrogens is 3. The Morgan fingerprint density at radius 1 is 1.24 bits per heavy atom. The van der Waals surface area contributed by atoms with E-state index in [4.69, 9.17) is 4.74 Å². The Labute approximate surface area is 147 Å². The Morgan fingerprint density at radius 2 is 2.00 bits per heavy atom. The van der Waals surface area contributed by atoms with Gasteiger partial charge in [-0.25, -0.2) is 9.50 Å². The minimum atomic E-state index is -0.225. The highest BCUT2D eigenvalue weighted by Gasteiger charge is 2.12. The number of carbonyl (C=O) groups is 2. The molecule has 0 atom stereocenters. The van der Waals surface area contributed by atoms with Gasteiger partial charge in [-0.1, -0.05) is 0 Å². The van der Waals surface area contributed by atoms with Crippen molar-refractivity contribution in [1.82, 2.24) is 19.9 Å². The Morgan fingerprint density at radius 3 is 2.72 bits per heavy atom. The van der Waals surface area contributed by atoms with Crippen LogP contribution in [0.5, 0.6) is 0 Å². The zero-order chi connectivity index (χ0) is 18.4. The van der Waals surface area contributed by atoms with E-state index < -0.39 is 0 Å². The number of amides is 1. The molecule has 7 nitrogen and oxygen atoms in total. The number of nitrogens with one attached hydrogen (secondary N) is 1. The van der Waals surface area contributed by atoms with Crippen LogP contribution in [-0.2, 0) is 20.7 Å². The molecule has 25 heavy (non-hydrogen) atoms. The first-order chi connectivity index (χ1) is 11.9. The quantitative estimate of drug-likeness (QED) is 0.584. The average Bonchev–Trinajstić information content (AvgIpc) is 2.92. The summed E-state index contributed by atoms with van der Waals surface area (Å²) in [6.07, 6.45) is 1.91. The van der Waals surface area contributed by atoms with Crippen LogP contribution in [0.15, 0.2) is 6.07 Å². The molecule has 0 saturated heterocycles. The smallest absolute Gasteiger partial charge is 0.305 e. The zero-order valence-corrected chi connectivity index (χ0v) is 15.4. The highest BCUT2D eigenvalue weighted by molar-refractivity contribution is 5.76. The third-order valence-corrected chi connectivity index (χ3v) is 4.07. The molecule has 0 aromatic carbocycles. The third kappa shape index (κ3) is 5.01. The van der Waals surface area contributed by atoms with Crippen molar-refractivity contribution in [2.45, 2.75) is 53.4 Å². The second-order valence-electron chi connectivity index (χ2n) is 6.08. The molecule has 2 heterocycles. The molecule has 0 aliphatic carbocycles. The Balaban J connectivity index is 1.85. The number of aryl methyl sites for hydroxylation is 3. The molecule has 0 fully saturated rings. The van der Waals surface area contributed by atoms with Gasteiger partial charge in [0.2, 0.25) is 5.91 Å². The van der Waals surface area contributed by atoms with E-state index in [1.165, 1.54) is 0 Å². The van der Waals surface area contributed by atoms with Crippen molar-refractivity contribution in [3.63, 3.8) is 0 Å². The molecule has 0 aliphatic heterocycles. The summed E-state index contributed by atoms with van der Waals surface area (Å²) >= 11 is 0. The van der Waals surface area contributed by atoms with E-state index in [0.717, 1.165) is 28.3 Å². The van der Waals surface area contributed by atoms with Crippen molar-refractivity contribution in [3.05, 3.63) is 28.7 Å². The fraction of sp³-hybridized carbons (Fsp3) is 0.556. The van der Waals surface area contributed by atoms with Crippen LogP contribution in [0.2, 0.25) is 0 Å². The Kier molecular flexibility index (Phi) is 6.50. The van der Waals surface area contributed by atoms with Crippen molar-refractivity contribution in [3.8, 4) is 0 Å². The minimum absolute atomic E-state index is 0.0283. The molecule has 0 bridgehead atoms. The minimum Gasteiger partial charge on any atom is -0.466 e. The molecule has 2 aromatic heterocycles. The number of nitrogens with zero attached hydrogens (tertiary/aromatic N) is 3. The summed E-state index contributed by atoms with van der Waals surface area (Å²) < 4.78 is 6.68. The number of esters is 1. The maximum absolute atomic E-state index is 12.0. The van der Waals surface area contributed by atoms with E-state index in [1.807, 2.05) is 31.4 Å². The maximum atomic E-state index is 12.0. The number of rotatable bonds is 8. The van der Waals surface area contributed by atoms with E-state index in [2.05, 4.69) is 15.4 Å². The topological polar surface area (TPSA) is 85.6 Å². The van der Waals surface area contributed by atoms with E-state index >= 15 is 0 Å². The van der Waals surface area contributed by atoms with Gasteiger partial charge in [0.05, 0.1) is 12.3 Å². The summed E-state index contributed by atoms with van der Waals surface area (Å²) in [6.45, 7) is 8.54. The normalized spacial score (nSPS) is 10.9. The molecule has 0 aliphatic rings. The molecular weight excluding hydrogens is 320 g/mol. The lowest BCUT2D eigenvalue weighted by molar-refractivity contribution is -0.143. The predicted octanol–water partition coefficient (Wildman–Crippen LogP) is 2.05. The van der Waals surface area contributed by atoms with Gasteiger partial charge in [-0.2, -0.15) is 5.10 Å². The van der Waals surface area contributed by atoms with Gasteiger partial charge >= 0.3 is 5.97 Å². The van der Waals surface area contributed by atoms with Crippen molar-refractivity contribution < 1.29 is 14.3 Å². The summed E-state index contributed by atoms with van der Waals surface area (Å²) in [6, 6.07) is 1.94. The molecule has 2 aromatic rings. The molecular formula is C18H26N4O3. The van der Waals surface area contributed by atoms with E-state index in [0.29, 0.717) is 38.8 Å². The molecule has 1 N–H and O–H groups in total. The summed E-state index contributed by atoms with van der Waals surface area (Å²) in [5.74, 6) is -0.253. The summed E-state index contributed by atoms with van der Waals surface area (Å²) in [4.78, 5) is 27.8. The molecule has 1 amide bonds. The maximum Gasteiger partial charge on any atom is 0.305 e.